The summed E-state index contributed by atoms with van der Waals surface area (Å²) in [7, 11) is 0. The zero-order valence-corrected chi connectivity index (χ0v) is 19.3. The van der Waals surface area contributed by atoms with Crippen LogP contribution in [0.25, 0.3) is 33.5 Å². The smallest absolute Gasteiger partial charge is 0.238 e. The minimum atomic E-state index is -0.195. The molecule has 0 radical (unpaired) electrons. The lowest BCUT2D eigenvalue weighted by atomic mass is 9.85. The number of amides is 2. The summed E-state index contributed by atoms with van der Waals surface area (Å²) in [5, 5.41) is 0.975. The zero-order valence-electron chi connectivity index (χ0n) is 19.3. The van der Waals surface area contributed by atoms with Crippen LogP contribution in [0.5, 0.6) is 0 Å². The highest BCUT2D eigenvalue weighted by atomic mass is 16.2. The van der Waals surface area contributed by atoms with Gasteiger partial charge in [-0.1, -0.05) is 66.2 Å². The number of benzene rings is 3. The van der Waals surface area contributed by atoms with Gasteiger partial charge >= 0.3 is 0 Å². The van der Waals surface area contributed by atoms with Crippen molar-refractivity contribution in [3.05, 3.63) is 90.5 Å². The van der Waals surface area contributed by atoms with E-state index in [4.69, 9.17) is 9.97 Å². The highest BCUT2D eigenvalue weighted by molar-refractivity contribution is 6.22. The third-order valence-electron chi connectivity index (χ3n) is 7.75. The Hall–Kier alpha value is -4.12. The van der Waals surface area contributed by atoms with E-state index in [2.05, 4.69) is 31.2 Å². The molecule has 0 spiro atoms. The van der Waals surface area contributed by atoms with Gasteiger partial charge in [-0.15, -0.1) is 0 Å². The summed E-state index contributed by atoms with van der Waals surface area (Å²) in [5.41, 5.74) is 5.36. The van der Waals surface area contributed by atoms with E-state index in [0.29, 0.717) is 11.5 Å². The summed E-state index contributed by atoms with van der Waals surface area (Å²) < 4.78 is 0. The van der Waals surface area contributed by atoms with Gasteiger partial charge in [0.05, 0.1) is 28.7 Å². The van der Waals surface area contributed by atoms with Crippen LogP contribution in [0.15, 0.2) is 84.9 Å². The van der Waals surface area contributed by atoms with Crippen LogP contribution in [0.4, 0.5) is 5.69 Å². The van der Waals surface area contributed by atoms with Crippen molar-refractivity contribution in [2.75, 3.05) is 4.90 Å². The Morgan fingerprint density at radius 1 is 0.771 bits per heavy atom. The molecule has 4 aromatic rings. The number of aromatic nitrogens is 2. The Morgan fingerprint density at radius 2 is 1.46 bits per heavy atom. The second kappa shape index (κ2) is 7.44. The number of hydrogen-bond acceptors (Lipinski definition) is 4. The van der Waals surface area contributed by atoms with E-state index in [1.165, 1.54) is 4.90 Å². The molecule has 2 amide bonds. The Balaban J connectivity index is 1.30. The summed E-state index contributed by atoms with van der Waals surface area (Å²) in [5.74, 6) is 0.578. The van der Waals surface area contributed by atoms with Gasteiger partial charge in [-0.3, -0.25) is 14.5 Å². The number of anilines is 1. The highest BCUT2D eigenvalue weighted by Crippen LogP contribution is 2.53. The number of imide groups is 1. The highest BCUT2D eigenvalue weighted by Gasteiger charge is 2.59. The van der Waals surface area contributed by atoms with Gasteiger partial charge in [0.1, 0.15) is 0 Å². The summed E-state index contributed by atoms with van der Waals surface area (Å²) >= 11 is 0. The number of aryl methyl sites for hydroxylation is 1. The van der Waals surface area contributed by atoms with E-state index in [1.807, 2.05) is 60.7 Å². The Bertz CT molecular complexity index is 1510. The molecule has 5 heteroatoms. The molecule has 3 aliphatic rings. The second-order valence-corrected chi connectivity index (χ2v) is 9.84. The topological polar surface area (TPSA) is 63.2 Å². The van der Waals surface area contributed by atoms with Crippen LogP contribution in [-0.4, -0.2) is 21.8 Å². The monoisotopic (exact) mass is 457 g/mol. The lowest BCUT2D eigenvalue weighted by Gasteiger charge is -2.18. The van der Waals surface area contributed by atoms with Gasteiger partial charge < -0.3 is 0 Å². The van der Waals surface area contributed by atoms with Gasteiger partial charge in [0.2, 0.25) is 11.8 Å². The average molecular weight is 458 g/mol. The standard InChI is InChI=1S/C30H23N3O2/c1-17-7-14-24-23(15-17)27(32-28(31-24)19-5-3-2-4-6-19)18-10-12-22(13-11-18)33-29(34)25-20-8-9-21(16-20)26(25)30(33)35/h2-15,20-21,25-26H,16H2,1H3/t20-,21-,25-,26-/m0/s1. The molecule has 1 aromatic heterocycles. The molecular formula is C30H23N3O2. The lowest BCUT2D eigenvalue weighted by molar-refractivity contribution is -0.123. The molecule has 4 atom stereocenters. The summed E-state index contributed by atoms with van der Waals surface area (Å²) in [6, 6.07) is 23.8. The van der Waals surface area contributed by atoms with E-state index >= 15 is 0 Å². The first-order chi connectivity index (χ1) is 17.1. The number of allylic oxidation sites excluding steroid dienone is 2. The van der Waals surface area contributed by atoms with Crippen LogP contribution < -0.4 is 4.90 Å². The van der Waals surface area contributed by atoms with Crippen LogP contribution in [0.1, 0.15) is 12.0 Å². The predicted octanol–water partition coefficient (Wildman–Crippen LogP) is 5.58. The number of carbonyl (C=O) groups is 2. The maximum atomic E-state index is 13.2. The number of nitrogens with zero attached hydrogens (tertiary/aromatic N) is 3. The fourth-order valence-corrected chi connectivity index (χ4v) is 6.10. The minimum Gasteiger partial charge on any atom is -0.274 e. The Kier molecular flexibility index (Phi) is 4.31. The van der Waals surface area contributed by atoms with Crippen LogP contribution in [0.3, 0.4) is 0 Å². The van der Waals surface area contributed by atoms with Crippen molar-refractivity contribution in [2.45, 2.75) is 13.3 Å². The van der Waals surface area contributed by atoms with Gasteiger partial charge in [0, 0.05) is 16.5 Å². The van der Waals surface area contributed by atoms with Gasteiger partial charge in [-0.05, 0) is 49.4 Å². The Morgan fingerprint density at radius 3 is 2.14 bits per heavy atom. The maximum absolute atomic E-state index is 13.2. The molecule has 0 N–H and O–H groups in total. The van der Waals surface area contributed by atoms with E-state index < -0.39 is 0 Å². The number of rotatable bonds is 3. The van der Waals surface area contributed by atoms with E-state index in [1.54, 1.807) is 0 Å². The minimum absolute atomic E-state index is 0.0564. The molecule has 2 bridgehead atoms. The van der Waals surface area contributed by atoms with Gasteiger partial charge in [0.25, 0.3) is 0 Å². The fourth-order valence-electron chi connectivity index (χ4n) is 6.10. The van der Waals surface area contributed by atoms with Crippen LogP contribution in [-0.2, 0) is 9.59 Å². The zero-order chi connectivity index (χ0) is 23.7. The molecular weight excluding hydrogens is 434 g/mol. The van der Waals surface area contributed by atoms with Gasteiger partial charge in [-0.25, -0.2) is 9.97 Å². The predicted molar refractivity (Wildman–Crippen MR) is 135 cm³/mol. The molecule has 1 aliphatic heterocycles. The van der Waals surface area contributed by atoms with Crippen LogP contribution in [0, 0.1) is 30.6 Å². The van der Waals surface area contributed by atoms with E-state index in [0.717, 1.165) is 39.7 Å². The number of carbonyl (C=O) groups excluding carboxylic acids is 2. The summed E-state index contributed by atoms with van der Waals surface area (Å²) in [4.78, 5) is 37.6. The van der Waals surface area contributed by atoms with Crippen molar-refractivity contribution in [3.8, 4) is 22.6 Å². The number of fused-ring (bicyclic) bond motifs is 6. The average Bonchev–Trinajstić information content (AvgIpc) is 3.58. The fraction of sp³-hybridized carbons (Fsp3) is 0.200. The number of hydrogen-bond donors (Lipinski definition) is 0. The molecule has 2 aliphatic carbocycles. The molecule has 2 fully saturated rings. The van der Waals surface area contributed by atoms with Crippen molar-refractivity contribution in [2.24, 2.45) is 23.7 Å². The molecule has 0 unspecified atom stereocenters. The quantitative estimate of drug-likeness (QED) is 0.297. The lowest BCUT2D eigenvalue weighted by Crippen LogP contribution is -2.32. The Labute approximate surface area is 203 Å². The van der Waals surface area contributed by atoms with Crippen LogP contribution >= 0.6 is 0 Å². The van der Waals surface area contributed by atoms with Crippen molar-refractivity contribution in [3.63, 3.8) is 0 Å². The van der Waals surface area contributed by atoms with Crippen molar-refractivity contribution in [1.29, 1.82) is 0 Å². The third kappa shape index (κ3) is 3.01. The molecule has 7 rings (SSSR count). The first-order valence-corrected chi connectivity index (χ1v) is 12.1. The first kappa shape index (κ1) is 20.3. The normalized spacial score (nSPS) is 24.5. The van der Waals surface area contributed by atoms with Crippen molar-refractivity contribution in [1.82, 2.24) is 9.97 Å². The molecule has 170 valence electrons. The van der Waals surface area contributed by atoms with Crippen molar-refractivity contribution >= 4 is 28.4 Å². The van der Waals surface area contributed by atoms with Gasteiger partial charge in [-0.2, -0.15) is 0 Å². The van der Waals surface area contributed by atoms with E-state index in [-0.39, 0.29) is 35.5 Å². The maximum Gasteiger partial charge on any atom is 0.238 e. The molecule has 3 aromatic carbocycles. The largest absolute Gasteiger partial charge is 0.274 e. The SMILES string of the molecule is Cc1ccc2nc(-c3ccccc3)nc(-c3ccc(N4C(=O)[C@@H]5[C@@H](C4=O)[C@H]4C=C[C@H]5C4)cc3)c2c1. The molecule has 35 heavy (non-hydrogen) atoms. The second-order valence-electron chi connectivity index (χ2n) is 9.84. The van der Waals surface area contributed by atoms with Crippen LogP contribution in [0.2, 0.25) is 0 Å². The third-order valence-corrected chi connectivity index (χ3v) is 7.75. The summed E-state index contributed by atoms with van der Waals surface area (Å²) in [6.45, 7) is 2.06. The summed E-state index contributed by atoms with van der Waals surface area (Å²) in [6.07, 6.45) is 5.18. The van der Waals surface area contributed by atoms with Crippen molar-refractivity contribution < 1.29 is 9.59 Å². The molecule has 1 saturated carbocycles. The molecule has 5 nitrogen and oxygen atoms in total. The van der Waals surface area contributed by atoms with Gasteiger partial charge in [0.15, 0.2) is 5.82 Å². The molecule has 2 heterocycles. The van der Waals surface area contributed by atoms with E-state index in [9.17, 15) is 9.59 Å². The first-order valence-electron chi connectivity index (χ1n) is 12.1. The molecule has 1 saturated heterocycles.